The Bertz CT molecular complexity index is 813. The van der Waals surface area contributed by atoms with Gasteiger partial charge in [-0.05, 0) is 31.9 Å². The number of benzene rings is 1. The predicted octanol–water partition coefficient (Wildman–Crippen LogP) is 4.12. The summed E-state index contributed by atoms with van der Waals surface area (Å²) in [6.45, 7) is 3.37. The second-order valence-corrected chi connectivity index (χ2v) is 7.42. The minimum Gasteiger partial charge on any atom is -0.495 e. The molecule has 1 fully saturated rings. The number of hydrogen-bond donors (Lipinski definition) is 2. The molecule has 0 spiro atoms. The van der Waals surface area contributed by atoms with Crippen LogP contribution < -0.4 is 15.4 Å². The fourth-order valence-corrected chi connectivity index (χ4v) is 3.99. The van der Waals surface area contributed by atoms with E-state index in [0.29, 0.717) is 27.1 Å². The average Bonchev–Trinajstić information content (AvgIpc) is 2.86. The number of ether oxygens (including phenoxy) is 1. The van der Waals surface area contributed by atoms with Gasteiger partial charge in [0.1, 0.15) is 10.6 Å². The first-order valence-electron chi connectivity index (χ1n) is 9.06. The van der Waals surface area contributed by atoms with Gasteiger partial charge in [-0.15, -0.1) is 0 Å². The van der Waals surface area contributed by atoms with E-state index in [-0.39, 0.29) is 5.91 Å². The van der Waals surface area contributed by atoms with E-state index in [2.05, 4.69) is 15.6 Å². The van der Waals surface area contributed by atoms with Crippen molar-refractivity contribution in [3.63, 3.8) is 0 Å². The number of likely N-dealkylation sites (tertiary alicyclic amines) is 1. The normalized spacial score (nSPS) is 14.4. The lowest BCUT2D eigenvalue weighted by molar-refractivity contribution is 0.0765. The summed E-state index contributed by atoms with van der Waals surface area (Å²) in [5, 5.41) is 5.84. The Labute approximate surface area is 162 Å². The number of carbonyl (C=O) groups is 2. The van der Waals surface area contributed by atoms with Crippen molar-refractivity contribution >= 4 is 34.1 Å². The first-order chi connectivity index (χ1) is 13.1. The second-order valence-electron chi connectivity index (χ2n) is 6.42. The van der Waals surface area contributed by atoms with E-state index in [4.69, 9.17) is 4.74 Å². The lowest BCUT2D eigenvalue weighted by atomic mass is 10.2. The van der Waals surface area contributed by atoms with Gasteiger partial charge < -0.3 is 15.0 Å². The summed E-state index contributed by atoms with van der Waals surface area (Å²) in [5.74, 6) is 0.574. The van der Waals surface area contributed by atoms with Gasteiger partial charge in [-0.3, -0.25) is 10.1 Å². The fourth-order valence-electron chi connectivity index (χ4n) is 3.06. The standard InChI is InChI=1S/C19H24N4O3S/c1-13-16(17(24)23-11-7-3-4-8-12-23)27-19(20-13)22-18(25)21-14-9-5-6-10-15(14)26-2/h5-6,9-10H,3-4,7-8,11-12H2,1-2H3,(H2,20,21,22,25). The summed E-state index contributed by atoms with van der Waals surface area (Å²) in [7, 11) is 1.54. The first kappa shape index (κ1) is 19.2. The van der Waals surface area contributed by atoms with Gasteiger partial charge in [-0.25, -0.2) is 9.78 Å². The first-order valence-corrected chi connectivity index (χ1v) is 9.88. The van der Waals surface area contributed by atoms with E-state index >= 15 is 0 Å². The van der Waals surface area contributed by atoms with Crippen molar-refractivity contribution in [3.8, 4) is 5.75 Å². The number of carbonyl (C=O) groups excluding carboxylic acids is 2. The second kappa shape index (κ2) is 8.85. The maximum Gasteiger partial charge on any atom is 0.325 e. The van der Waals surface area contributed by atoms with Crippen LogP contribution in [-0.4, -0.2) is 42.0 Å². The molecule has 1 aromatic carbocycles. The summed E-state index contributed by atoms with van der Waals surface area (Å²) in [5.41, 5.74) is 1.20. The van der Waals surface area contributed by atoms with Crippen LogP contribution in [0.1, 0.15) is 41.0 Å². The van der Waals surface area contributed by atoms with Crippen LogP contribution in [0.5, 0.6) is 5.75 Å². The number of nitrogens with zero attached hydrogens (tertiary/aromatic N) is 2. The molecule has 2 aromatic rings. The summed E-state index contributed by atoms with van der Waals surface area (Å²) < 4.78 is 5.22. The Balaban J connectivity index is 1.67. The van der Waals surface area contributed by atoms with Gasteiger partial charge in [0.15, 0.2) is 5.13 Å². The lowest BCUT2D eigenvalue weighted by Crippen LogP contribution is -2.31. The molecular formula is C19H24N4O3S. The molecule has 1 aliphatic rings. The van der Waals surface area contributed by atoms with Crippen molar-refractivity contribution in [2.75, 3.05) is 30.8 Å². The van der Waals surface area contributed by atoms with Gasteiger partial charge in [0.05, 0.1) is 18.5 Å². The van der Waals surface area contributed by atoms with Crippen molar-refractivity contribution in [2.45, 2.75) is 32.6 Å². The Kier molecular flexibility index (Phi) is 6.28. The van der Waals surface area contributed by atoms with E-state index in [0.717, 1.165) is 25.9 Å². The number of anilines is 2. The van der Waals surface area contributed by atoms with Crippen molar-refractivity contribution in [1.82, 2.24) is 9.88 Å². The zero-order valence-electron chi connectivity index (χ0n) is 15.6. The van der Waals surface area contributed by atoms with Gasteiger partial charge in [-0.2, -0.15) is 0 Å². The maximum absolute atomic E-state index is 12.8. The topological polar surface area (TPSA) is 83.6 Å². The number of nitrogens with one attached hydrogen (secondary N) is 2. The number of para-hydroxylation sites is 2. The number of hydrogen-bond acceptors (Lipinski definition) is 5. The van der Waals surface area contributed by atoms with E-state index in [1.165, 1.54) is 24.2 Å². The third-order valence-electron chi connectivity index (χ3n) is 4.46. The molecule has 3 amide bonds. The number of thiazole rings is 1. The zero-order chi connectivity index (χ0) is 19.2. The van der Waals surface area contributed by atoms with Gasteiger partial charge in [-0.1, -0.05) is 36.3 Å². The molecule has 2 heterocycles. The number of aryl methyl sites for hydroxylation is 1. The molecule has 2 N–H and O–H groups in total. The SMILES string of the molecule is COc1ccccc1NC(=O)Nc1nc(C)c(C(=O)N2CCCCCC2)s1. The quantitative estimate of drug-likeness (QED) is 0.825. The molecule has 27 heavy (non-hydrogen) atoms. The molecular weight excluding hydrogens is 364 g/mol. The van der Waals surface area contributed by atoms with Crippen molar-refractivity contribution < 1.29 is 14.3 Å². The Morgan fingerprint density at radius 3 is 2.52 bits per heavy atom. The van der Waals surface area contributed by atoms with Gasteiger partial charge in [0, 0.05) is 13.1 Å². The molecule has 0 radical (unpaired) electrons. The molecule has 0 unspecified atom stereocenters. The highest BCUT2D eigenvalue weighted by atomic mass is 32.1. The zero-order valence-corrected chi connectivity index (χ0v) is 16.4. The summed E-state index contributed by atoms with van der Waals surface area (Å²) in [6.07, 6.45) is 4.41. The third kappa shape index (κ3) is 4.77. The van der Waals surface area contributed by atoms with Gasteiger partial charge >= 0.3 is 6.03 Å². The number of urea groups is 1. The highest BCUT2D eigenvalue weighted by molar-refractivity contribution is 7.17. The van der Waals surface area contributed by atoms with Crippen molar-refractivity contribution in [2.24, 2.45) is 0 Å². The van der Waals surface area contributed by atoms with Crippen LogP contribution >= 0.6 is 11.3 Å². The predicted molar refractivity (Wildman–Crippen MR) is 107 cm³/mol. The van der Waals surface area contributed by atoms with Crippen LogP contribution in [0.3, 0.4) is 0 Å². The number of methoxy groups -OCH3 is 1. The molecule has 0 saturated carbocycles. The smallest absolute Gasteiger partial charge is 0.325 e. The molecule has 3 rings (SSSR count). The molecule has 144 valence electrons. The van der Waals surface area contributed by atoms with Gasteiger partial charge in [0.25, 0.3) is 5.91 Å². The van der Waals surface area contributed by atoms with E-state index in [1.54, 1.807) is 26.2 Å². The minimum atomic E-state index is -0.429. The van der Waals surface area contributed by atoms with E-state index in [1.807, 2.05) is 17.0 Å². The monoisotopic (exact) mass is 388 g/mol. The van der Waals surface area contributed by atoms with Crippen LogP contribution in [0.25, 0.3) is 0 Å². The summed E-state index contributed by atoms with van der Waals surface area (Å²) in [6, 6.07) is 6.72. The molecule has 0 aliphatic carbocycles. The van der Waals surface area contributed by atoms with Crippen LogP contribution in [0.15, 0.2) is 24.3 Å². The van der Waals surface area contributed by atoms with Crippen LogP contribution in [0.2, 0.25) is 0 Å². The molecule has 8 heteroatoms. The highest BCUT2D eigenvalue weighted by Gasteiger charge is 2.23. The Morgan fingerprint density at radius 2 is 1.81 bits per heavy atom. The highest BCUT2D eigenvalue weighted by Crippen LogP contribution is 2.26. The molecule has 0 atom stereocenters. The van der Waals surface area contributed by atoms with E-state index in [9.17, 15) is 9.59 Å². The largest absolute Gasteiger partial charge is 0.495 e. The maximum atomic E-state index is 12.8. The third-order valence-corrected chi connectivity index (χ3v) is 5.52. The fraction of sp³-hybridized carbons (Fsp3) is 0.421. The van der Waals surface area contributed by atoms with Crippen molar-refractivity contribution in [1.29, 1.82) is 0 Å². The number of aromatic nitrogens is 1. The van der Waals surface area contributed by atoms with Crippen molar-refractivity contribution in [3.05, 3.63) is 34.8 Å². The van der Waals surface area contributed by atoms with E-state index < -0.39 is 6.03 Å². The molecule has 0 bridgehead atoms. The van der Waals surface area contributed by atoms with Crippen LogP contribution in [0, 0.1) is 6.92 Å². The summed E-state index contributed by atoms with van der Waals surface area (Å²) >= 11 is 1.21. The summed E-state index contributed by atoms with van der Waals surface area (Å²) in [4.78, 5) is 31.9. The Morgan fingerprint density at radius 1 is 1.11 bits per heavy atom. The number of rotatable bonds is 4. The molecule has 1 aromatic heterocycles. The molecule has 1 aliphatic heterocycles. The Hall–Kier alpha value is -2.61. The number of amides is 3. The lowest BCUT2D eigenvalue weighted by Gasteiger charge is -2.19. The van der Waals surface area contributed by atoms with Crippen LogP contribution in [-0.2, 0) is 0 Å². The molecule has 7 nitrogen and oxygen atoms in total. The van der Waals surface area contributed by atoms with Gasteiger partial charge in [0.2, 0.25) is 0 Å². The van der Waals surface area contributed by atoms with Crippen LogP contribution in [0.4, 0.5) is 15.6 Å². The molecule has 1 saturated heterocycles. The minimum absolute atomic E-state index is 0.00471. The average molecular weight is 388 g/mol.